The molecule has 4 heteroatoms. The lowest BCUT2D eigenvalue weighted by Gasteiger charge is -2.02. The van der Waals surface area contributed by atoms with E-state index in [9.17, 15) is 0 Å². The molecule has 0 bridgehead atoms. The molecule has 0 heterocycles. The normalized spacial score (nSPS) is 9.50. The zero-order chi connectivity index (χ0) is 9.14. The molecule has 0 radical (unpaired) electrons. The van der Waals surface area contributed by atoms with Crippen LogP contribution in [0.15, 0.2) is 21.5 Å². The Hall–Kier alpha value is -0.170. The van der Waals surface area contributed by atoms with E-state index in [1.54, 1.807) is 0 Å². The highest BCUT2D eigenvalue weighted by molar-refractivity contribution is 9.10. The van der Waals surface area contributed by atoms with Gasteiger partial charge in [0, 0.05) is 9.37 Å². The fourth-order valence-electron chi connectivity index (χ4n) is 0.807. The van der Waals surface area contributed by atoms with E-state index in [4.69, 9.17) is 16.9 Å². The predicted octanol–water partition coefficient (Wildman–Crippen LogP) is 3.70. The Morgan fingerprint density at radius 1 is 1.58 bits per heavy atom. The van der Waals surface area contributed by atoms with Crippen LogP contribution in [0, 0.1) is 11.3 Å². The van der Waals surface area contributed by atoms with E-state index in [0.717, 1.165) is 9.37 Å². The highest BCUT2D eigenvalue weighted by Gasteiger charge is 2.08. The van der Waals surface area contributed by atoms with Gasteiger partial charge >= 0.3 is 0 Å². The summed E-state index contributed by atoms with van der Waals surface area (Å²) in [5.74, 6) is 0. The van der Waals surface area contributed by atoms with Crippen molar-refractivity contribution in [2.24, 2.45) is 0 Å². The molecule has 0 amide bonds. The van der Waals surface area contributed by atoms with Crippen LogP contribution >= 0.6 is 39.3 Å². The molecule has 1 rings (SSSR count). The second kappa shape index (κ2) is 4.18. The Bertz CT molecular complexity index is 346. The van der Waals surface area contributed by atoms with E-state index in [0.29, 0.717) is 10.6 Å². The molecule has 0 N–H and O–H groups in total. The van der Waals surface area contributed by atoms with Gasteiger partial charge in [0.1, 0.15) is 6.07 Å². The molecular weight excluding hydrogens is 258 g/mol. The summed E-state index contributed by atoms with van der Waals surface area (Å²) in [5.41, 5.74) is 0.540. The topological polar surface area (TPSA) is 23.8 Å². The molecule has 0 saturated heterocycles. The van der Waals surface area contributed by atoms with Crippen LogP contribution in [-0.2, 0) is 0 Å². The molecule has 0 fully saturated rings. The van der Waals surface area contributed by atoms with Crippen LogP contribution in [0.4, 0.5) is 0 Å². The molecule has 1 aromatic rings. The lowest BCUT2D eigenvalue weighted by Crippen LogP contribution is -1.82. The quantitative estimate of drug-likeness (QED) is 0.721. The first-order valence-electron chi connectivity index (χ1n) is 3.12. The number of benzene rings is 1. The number of halogens is 2. The number of nitrogens with zero attached hydrogens (tertiary/aromatic N) is 1. The van der Waals surface area contributed by atoms with Crippen molar-refractivity contribution in [2.75, 3.05) is 6.26 Å². The lowest BCUT2D eigenvalue weighted by atomic mass is 10.2. The Labute approximate surface area is 88.8 Å². The Kier molecular flexibility index (Phi) is 3.45. The van der Waals surface area contributed by atoms with Crippen LogP contribution in [-0.4, -0.2) is 6.26 Å². The predicted molar refractivity (Wildman–Crippen MR) is 55.6 cm³/mol. The van der Waals surface area contributed by atoms with Crippen molar-refractivity contribution in [2.45, 2.75) is 4.90 Å². The molecule has 0 aliphatic carbocycles. The van der Waals surface area contributed by atoms with E-state index in [1.165, 1.54) is 11.8 Å². The number of hydrogen-bond donors (Lipinski definition) is 0. The second-order valence-corrected chi connectivity index (χ2v) is 4.13. The van der Waals surface area contributed by atoms with Crippen molar-refractivity contribution in [1.82, 2.24) is 0 Å². The summed E-state index contributed by atoms with van der Waals surface area (Å²) in [6.07, 6.45) is 1.92. The highest BCUT2D eigenvalue weighted by Crippen LogP contribution is 2.32. The van der Waals surface area contributed by atoms with Crippen LogP contribution in [0.1, 0.15) is 5.56 Å². The summed E-state index contributed by atoms with van der Waals surface area (Å²) in [6.45, 7) is 0. The van der Waals surface area contributed by atoms with Crippen molar-refractivity contribution in [3.63, 3.8) is 0 Å². The zero-order valence-corrected chi connectivity index (χ0v) is 9.42. The maximum atomic E-state index is 8.79. The minimum Gasteiger partial charge on any atom is -0.192 e. The molecule has 0 aliphatic heterocycles. The van der Waals surface area contributed by atoms with E-state index in [1.807, 2.05) is 18.4 Å². The monoisotopic (exact) mass is 261 g/mol. The third-order valence-corrected chi connectivity index (χ3v) is 3.45. The van der Waals surface area contributed by atoms with E-state index < -0.39 is 0 Å². The first-order valence-corrected chi connectivity index (χ1v) is 5.52. The van der Waals surface area contributed by atoms with Crippen LogP contribution in [0.2, 0.25) is 5.02 Å². The van der Waals surface area contributed by atoms with E-state index in [2.05, 4.69) is 22.0 Å². The first kappa shape index (κ1) is 9.91. The summed E-state index contributed by atoms with van der Waals surface area (Å²) >= 11 is 10.7. The summed E-state index contributed by atoms with van der Waals surface area (Å²) in [5, 5.41) is 9.28. The molecule has 1 aromatic carbocycles. The maximum absolute atomic E-state index is 8.79. The number of rotatable bonds is 1. The minimum absolute atomic E-state index is 0.490. The van der Waals surface area contributed by atoms with Gasteiger partial charge in [-0.25, -0.2) is 0 Å². The number of nitriles is 1. The van der Waals surface area contributed by atoms with Gasteiger partial charge in [-0.05, 0) is 34.3 Å². The molecule has 0 spiro atoms. The molecule has 0 saturated carbocycles. The molecule has 0 atom stereocenters. The van der Waals surface area contributed by atoms with E-state index in [-0.39, 0.29) is 0 Å². The molecule has 0 aliphatic rings. The third kappa shape index (κ3) is 1.77. The van der Waals surface area contributed by atoms with Gasteiger partial charge in [-0.1, -0.05) is 11.6 Å². The Balaban J connectivity index is 3.38. The average molecular weight is 263 g/mol. The first-order chi connectivity index (χ1) is 5.70. The lowest BCUT2D eigenvalue weighted by molar-refractivity contribution is 1.36. The van der Waals surface area contributed by atoms with Gasteiger partial charge in [0.2, 0.25) is 0 Å². The van der Waals surface area contributed by atoms with Gasteiger partial charge in [-0.15, -0.1) is 11.8 Å². The molecular formula is C8H5BrClNS. The van der Waals surface area contributed by atoms with Gasteiger partial charge in [-0.3, -0.25) is 0 Å². The summed E-state index contributed by atoms with van der Waals surface area (Å²) in [7, 11) is 0. The van der Waals surface area contributed by atoms with Crippen LogP contribution in [0.25, 0.3) is 0 Å². The van der Waals surface area contributed by atoms with Gasteiger partial charge in [0.05, 0.1) is 10.6 Å². The molecule has 62 valence electrons. The maximum Gasteiger partial charge on any atom is 0.102 e. The highest BCUT2D eigenvalue weighted by atomic mass is 79.9. The third-order valence-electron chi connectivity index (χ3n) is 1.39. The average Bonchev–Trinajstić information content (AvgIpc) is 2.09. The largest absolute Gasteiger partial charge is 0.192 e. The minimum atomic E-state index is 0.490. The van der Waals surface area contributed by atoms with Gasteiger partial charge in [0.15, 0.2) is 0 Å². The second-order valence-electron chi connectivity index (χ2n) is 2.05. The van der Waals surface area contributed by atoms with Crippen molar-refractivity contribution in [3.8, 4) is 6.07 Å². The fourth-order valence-corrected chi connectivity index (χ4v) is 1.96. The van der Waals surface area contributed by atoms with Gasteiger partial charge in [0.25, 0.3) is 0 Å². The van der Waals surface area contributed by atoms with Crippen LogP contribution in [0.5, 0.6) is 0 Å². The van der Waals surface area contributed by atoms with Crippen molar-refractivity contribution < 1.29 is 0 Å². The van der Waals surface area contributed by atoms with Crippen molar-refractivity contribution >= 4 is 39.3 Å². The van der Waals surface area contributed by atoms with Gasteiger partial charge < -0.3 is 0 Å². The summed E-state index contributed by atoms with van der Waals surface area (Å²) in [6, 6.07) is 5.79. The van der Waals surface area contributed by atoms with Crippen molar-refractivity contribution in [1.29, 1.82) is 5.26 Å². The molecule has 0 unspecified atom stereocenters. The standard InChI is InChI=1S/C8H5BrClNS/c1-12-7-3-2-6(9)8(10)5(7)4-11/h2-3H,1H3. The Morgan fingerprint density at radius 2 is 2.25 bits per heavy atom. The van der Waals surface area contributed by atoms with Crippen LogP contribution < -0.4 is 0 Å². The fraction of sp³-hybridized carbons (Fsp3) is 0.125. The molecule has 12 heavy (non-hydrogen) atoms. The number of thioether (sulfide) groups is 1. The molecule has 0 aromatic heterocycles. The van der Waals surface area contributed by atoms with Crippen molar-refractivity contribution in [3.05, 3.63) is 27.2 Å². The number of hydrogen-bond acceptors (Lipinski definition) is 2. The summed E-state index contributed by atoms with van der Waals surface area (Å²) in [4.78, 5) is 0.908. The van der Waals surface area contributed by atoms with Gasteiger partial charge in [-0.2, -0.15) is 5.26 Å². The zero-order valence-electron chi connectivity index (χ0n) is 6.27. The smallest absolute Gasteiger partial charge is 0.102 e. The van der Waals surface area contributed by atoms with Crippen LogP contribution in [0.3, 0.4) is 0 Å². The van der Waals surface area contributed by atoms with E-state index >= 15 is 0 Å². The Morgan fingerprint density at radius 3 is 2.75 bits per heavy atom. The summed E-state index contributed by atoms with van der Waals surface area (Å²) < 4.78 is 0.763. The molecule has 1 nitrogen and oxygen atoms in total. The SMILES string of the molecule is CSc1ccc(Br)c(Cl)c1C#N.